The molecular formula is C15H18BrNO2. The van der Waals surface area contributed by atoms with Crippen molar-refractivity contribution in [1.82, 2.24) is 5.32 Å². The summed E-state index contributed by atoms with van der Waals surface area (Å²) in [5, 5.41) is 3.94. The molecule has 1 N–H and O–H groups in total. The number of nitrogens with one attached hydrogen (secondary N) is 1. The highest BCUT2D eigenvalue weighted by atomic mass is 79.9. The smallest absolute Gasteiger partial charge is 0.287 e. The van der Waals surface area contributed by atoms with Gasteiger partial charge in [-0.15, -0.1) is 0 Å². The van der Waals surface area contributed by atoms with Crippen molar-refractivity contribution in [3.8, 4) is 0 Å². The number of carbonyl (C=O) groups excluding carboxylic acids is 1. The van der Waals surface area contributed by atoms with Crippen molar-refractivity contribution < 1.29 is 9.21 Å². The number of aryl methyl sites for hydroxylation is 1. The maximum absolute atomic E-state index is 12.2. The van der Waals surface area contributed by atoms with Crippen LogP contribution >= 0.6 is 15.9 Å². The first kappa shape index (κ1) is 14.1. The lowest BCUT2D eigenvalue weighted by Gasteiger charge is -2.16. The molecule has 0 bridgehead atoms. The van der Waals surface area contributed by atoms with Crippen LogP contribution in [0.3, 0.4) is 0 Å². The average molecular weight is 324 g/mol. The van der Waals surface area contributed by atoms with Crippen LogP contribution in [0.2, 0.25) is 0 Å². The first-order valence-corrected chi connectivity index (χ1v) is 7.19. The Balaban J connectivity index is 2.35. The molecule has 1 aromatic carbocycles. The maximum Gasteiger partial charge on any atom is 0.287 e. The van der Waals surface area contributed by atoms with E-state index in [1.807, 2.05) is 32.0 Å². The lowest BCUT2D eigenvalue weighted by Crippen LogP contribution is -2.36. The average Bonchev–Trinajstić information content (AvgIpc) is 2.66. The summed E-state index contributed by atoms with van der Waals surface area (Å²) in [6.07, 6.45) is 0. The largest absolute Gasteiger partial charge is 0.451 e. The highest BCUT2D eigenvalue weighted by Gasteiger charge is 2.20. The molecule has 0 spiro atoms. The van der Waals surface area contributed by atoms with E-state index < -0.39 is 0 Å². The van der Waals surface area contributed by atoms with Crippen molar-refractivity contribution in [3.63, 3.8) is 0 Å². The molecular weight excluding hydrogens is 306 g/mol. The highest BCUT2D eigenvalue weighted by molar-refractivity contribution is 9.10. The Labute approximate surface area is 121 Å². The fourth-order valence-corrected chi connectivity index (χ4v) is 2.21. The summed E-state index contributed by atoms with van der Waals surface area (Å²) in [5.41, 5.74) is 1.62. The van der Waals surface area contributed by atoms with E-state index in [4.69, 9.17) is 4.42 Å². The second-order valence-electron chi connectivity index (χ2n) is 5.20. The van der Waals surface area contributed by atoms with Crippen LogP contribution < -0.4 is 5.32 Å². The van der Waals surface area contributed by atoms with E-state index in [-0.39, 0.29) is 11.9 Å². The Morgan fingerprint density at radius 2 is 2.00 bits per heavy atom. The van der Waals surface area contributed by atoms with E-state index in [9.17, 15) is 4.79 Å². The van der Waals surface area contributed by atoms with Crippen molar-refractivity contribution >= 4 is 32.8 Å². The minimum Gasteiger partial charge on any atom is -0.451 e. The fraction of sp³-hybridized carbons (Fsp3) is 0.400. The number of halogens is 1. The SMILES string of the molecule is Cc1c(C(=O)NC(C)C(C)C)oc2ccc(Br)cc12. The Kier molecular flexibility index (Phi) is 3.99. The van der Waals surface area contributed by atoms with Crippen molar-refractivity contribution in [3.05, 3.63) is 34.0 Å². The Morgan fingerprint density at radius 1 is 1.32 bits per heavy atom. The zero-order valence-corrected chi connectivity index (χ0v) is 13.2. The zero-order valence-electron chi connectivity index (χ0n) is 11.6. The predicted octanol–water partition coefficient (Wildman–Crippen LogP) is 4.28. The van der Waals surface area contributed by atoms with Gasteiger partial charge < -0.3 is 9.73 Å². The van der Waals surface area contributed by atoms with Gasteiger partial charge in [0.05, 0.1) is 0 Å². The minimum atomic E-state index is -0.147. The van der Waals surface area contributed by atoms with Gasteiger partial charge in [-0.05, 0) is 38.0 Å². The van der Waals surface area contributed by atoms with Gasteiger partial charge in [-0.3, -0.25) is 4.79 Å². The molecule has 19 heavy (non-hydrogen) atoms. The summed E-state index contributed by atoms with van der Waals surface area (Å²) in [4.78, 5) is 12.2. The number of carbonyl (C=O) groups is 1. The molecule has 0 aliphatic rings. The molecule has 1 heterocycles. The number of hydrogen-bond acceptors (Lipinski definition) is 2. The van der Waals surface area contributed by atoms with E-state index in [1.54, 1.807) is 0 Å². The van der Waals surface area contributed by atoms with Crippen molar-refractivity contribution in [2.75, 3.05) is 0 Å². The van der Waals surface area contributed by atoms with Gasteiger partial charge in [0, 0.05) is 21.5 Å². The molecule has 0 saturated heterocycles. The van der Waals surface area contributed by atoms with Gasteiger partial charge >= 0.3 is 0 Å². The first-order valence-electron chi connectivity index (χ1n) is 6.39. The molecule has 102 valence electrons. The standard InChI is InChI=1S/C15H18BrNO2/c1-8(2)10(4)17-15(18)14-9(3)12-7-11(16)5-6-13(12)19-14/h5-8,10H,1-4H3,(H,17,18). The first-order chi connectivity index (χ1) is 8.90. The monoisotopic (exact) mass is 323 g/mol. The van der Waals surface area contributed by atoms with E-state index >= 15 is 0 Å². The maximum atomic E-state index is 12.2. The van der Waals surface area contributed by atoms with E-state index in [0.29, 0.717) is 11.7 Å². The normalized spacial score (nSPS) is 12.9. The molecule has 0 aliphatic carbocycles. The fourth-order valence-electron chi connectivity index (χ4n) is 1.85. The topological polar surface area (TPSA) is 42.2 Å². The van der Waals surface area contributed by atoms with Crippen molar-refractivity contribution in [2.45, 2.75) is 33.7 Å². The number of rotatable bonds is 3. The molecule has 4 heteroatoms. The third kappa shape index (κ3) is 2.84. The molecule has 0 aliphatic heterocycles. The van der Waals surface area contributed by atoms with Gasteiger partial charge in [0.2, 0.25) is 0 Å². The summed E-state index contributed by atoms with van der Waals surface area (Å²) in [5.74, 6) is 0.648. The number of benzene rings is 1. The van der Waals surface area contributed by atoms with Crippen molar-refractivity contribution in [1.29, 1.82) is 0 Å². The van der Waals surface area contributed by atoms with Crippen LogP contribution in [0.5, 0.6) is 0 Å². The molecule has 3 nitrogen and oxygen atoms in total. The van der Waals surface area contributed by atoms with Gasteiger partial charge in [0.1, 0.15) is 5.58 Å². The lowest BCUT2D eigenvalue weighted by atomic mass is 10.1. The molecule has 0 radical (unpaired) electrons. The Morgan fingerprint density at radius 3 is 2.63 bits per heavy atom. The quantitative estimate of drug-likeness (QED) is 0.916. The number of hydrogen-bond donors (Lipinski definition) is 1. The van der Waals surface area contributed by atoms with Gasteiger partial charge in [-0.25, -0.2) is 0 Å². The van der Waals surface area contributed by atoms with Gasteiger partial charge in [0.15, 0.2) is 5.76 Å². The summed E-state index contributed by atoms with van der Waals surface area (Å²) >= 11 is 3.43. The molecule has 1 aromatic heterocycles. The molecule has 1 amide bonds. The third-order valence-corrected chi connectivity index (χ3v) is 3.96. The second-order valence-corrected chi connectivity index (χ2v) is 6.12. The van der Waals surface area contributed by atoms with Crippen LogP contribution in [0.4, 0.5) is 0 Å². The summed E-state index contributed by atoms with van der Waals surface area (Å²) in [6.45, 7) is 8.06. The summed E-state index contributed by atoms with van der Waals surface area (Å²) in [7, 11) is 0. The van der Waals surface area contributed by atoms with Crippen LogP contribution in [0.25, 0.3) is 11.0 Å². The number of amides is 1. The third-order valence-electron chi connectivity index (χ3n) is 3.46. The Bertz CT molecular complexity index is 616. The summed E-state index contributed by atoms with van der Waals surface area (Å²) in [6, 6.07) is 5.86. The zero-order chi connectivity index (χ0) is 14.2. The molecule has 2 rings (SSSR count). The van der Waals surface area contributed by atoms with E-state index in [2.05, 4.69) is 35.1 Å². The van der Waals surface area contributed by atoms with Gasteiger partial charge in [-0.1, -0.05) is 29.8 Å². The molecule has 1 unspecified atom stereocenters. The van der Waals surface area contributed by atoms with Crippen LogP contribution in [-0.2, 0) is 0 Å². The van der Waals surface area contributed by atoms with Crippen LogP contribution in [-0.4, -0.2) is 11.9 Å². The van der Waals surface area contributed by atoms with Crippen LogP contribution in [0, 0.1) is 12.8 Å². The van der Waals surface area contributed by atoms with Gasteiger partial charge in [-0.2, -0.15) is 0 Å². The molecule has 2 aromatic rings. The van der Waals surface area contributed by atoms with Crippen molar-refractivity contribution in [2.24, 2.45) is 5.92 Å². The Hall–Kier alpha value is -1.29. The molecule has 0 fully saturated rings. The number of fused-ring (bicyclic) bond motifs is 1. The minimum absolute atomic E-state index is 0.117. The van der Waals surface area contributed by atoms with Crippen LogP contribution in [0.1, 0.15) is 36.9 Å². The number of furan rings is 1. The van der Waals surface area contributed by atoms with Gasteiger partial charge in [0.25, 0.3) is 5.91 Å². The summed E-state index contributed by atoms with van der Waals surface area (Å²) < 4.78 is 6.64. The lowest BCUT2D eigenvalue weighted by molar-refractivity contribution is 0.0903. The predicted molar refractivity (Wildman–Crippen MR) is 80.4 cm³/mol. The highest BCUT2D eigenvalue weighted by Crippen LogP contribution is 2.28. The molecule has 0 saturated carbocycles. The molecule has 1 atom stereocenters. The van der Waals surface area contributed by atoms with Crippen LogP contribution in [0.15, 0.2) is 27.1 Å². The van der Waals surface area contributed by atoms with E-state index in [0.717, 1.165) is 21.0 Å². The van der Waals surface area contributed by atoms with E-state index in [1.165, 1.54) is 0 Å². The second kappa shape index (κ2) is 5.37.